The SMILES string of the molecule is Cc1cc(/C=C/C(=O)O)c2[nH]c3c(c2c1)CCCC3. The minimum atomic E-state index is -0.911. The third-order valence-corrected chi connectivity index (χ3v) is 3.79. The number of carbonyl (C=O) groups is 1. The zero-order valence-corrected chi connectivity index (χ0v) is 11.0. The van der Waals surface area contributed by atoms with Crippen molar-refractivity contribution >= 4 is 22.9 Å². The van der Waals surface area contributed by atoms with Gasteiger partial charge in [0.2, 0.25) is 0 Å². The highest BCUT2D eigenvalue weighted by molar-refractivity contribution is 5.95. The molecule has 1 aromatic carbocycles. The Bertz CT molecular complexity index is 680. The lowest BCUT2D eigenvalue weighted by molar-refractivity contribution is -0.131. The van der Waals surface area contributed by atoms with E-state index in [4.69, 9.17) is 5.11 Å². The molecule has 0 fully saturated rings. The fourth-order valence-electron chi connectivity index (χ4n) is 2.98. The molecule has 0 atom stereocenters. The van der Waals surface area contributed by atoms with Crippen LogP contribution in [0.2, 0.25) is 0 Å². The van der Waals surface area contributed by atoms with Crippen molar-refractivity contribution in [2.24, 2.45) is 0 Å². The first-order chi connectivity index (χ1) is 9.15. The molecule has 98 valence electrons. The highest BCUT2D eigenvalue weighted by Gasteiger charge is 2.16. The standard InChI is InChI=1S/C16H17NO2/c1-10-8-11(6-7-15(18)19)16-13(9-10)12-4-2-3-5-14(12)17-16/h6-9,17H,2-5H2,1H3,(H,18,19)/b7-6+. The second-order valence-corrected chi connectivity index (χ2v) is 5.24. The fraction of sp³-hybridized carbons (Fsp3) is 0.312. The van der Waals surface area contributed by atoms with Crippen LogP contribution in [-0.2, 0) is 17.6 Å². The summed E-state index contributed by atoms with van der Waals surface area (Å²) in [5, 5.41) is 10.0. The molecule has 0 aliphatic heterocycles. The van der Waals surface area contributed by atoms with Crippen molar-refractivity contribution in [3.8, 4) is 0 Å². The summed E-state index contributed by atoms with van der Waals surface area (Å²) in [5.41, 5.74) is 5.97. The first-order valence-electron chi connectivity index (χ1n) is 6.70. The van der Waals surface area contributed by atoms with Gasteiger partial charge in [0, 0.05) is 17.2 Å². The molecule has 0 bridgehead atoms. The fourth-order valence-corrected chi connectivity index (χ4v) is 2.98. The predicted octanol–water partition coefficient (Wildman–Crippen LogP) is 3.45. The zero-order valence-electron chi connectivity index (χ0n) is 11.0. The minimum absolute atomic E-state index is 0.911. The Kier molecular flexibility index (Phi) is 2.90. The number of hydrogen-bond acceptors (Lipinski definition) is 1. The Hall–Kier alpha value is -2.03. The Balaban J connectivity index is 2.22. The van der Waals surface area contributed by atoms with Gasteiger partial charge in [0.15, 0.2) is 0 Å². The van der Waals surface area contributed by atoms with Gasteiger partial charge in [-0.2, -0.15) is 0 Å². The molecule has 3 nitrogen and oxygen atoms in total. The molecular formula is C16H17NO2. The van der Waals surface area contributed by atoms with Gasteiger partial charge in [0.1, 0.15) is 0 Å². The van der Waals surface area contributed by atoms with Gasteiger partial charge in [-0.3, -0.25) is 0 Å². The number of aryl methyl sites for hydroxylation is 3. The number of aliphatic carboxylic acids is 1. The molecule has 3 heteroatoms. The summed E-state index contributed by atoms with van der Waals surface area (Å²) in [7, 11) is 0. The number of carboxylic acids is 1. The molecule has 2 N–H and O–H groups in total. The van der Waals surface area contributed by atoms with E-state index >= 15 is 0 Å². The van der Waals surface area contributed by atoms with Gasteiger partial charge in [-0.05, 0) is 67.5 Å². The molecule has 1 heterocycles. The summed E-state index contributed by atoms with van der Waals surface area (Å²) in [6.45, 7) is 2.06. The number of aromatic amines is 1. The largest absolute Gasteiger partial charge is 0.478 e. The van der Waals surface area contributed by atoms with Gasteiger partial charge in [0.05, 0.1) is 5.52 Å². The van der Waals surface area contributed by atoms with Crippen molar-refractivity contribution in [3.05, 3.63) is 40.6 Å². The molecule has 1 aromatic heterocycles. The van der Waals surface area contributed by atoms with Gasteiger partial charge in [-0.1, -0.05) is 0 Å². The molecule has 2 aromatic rings. The van der Waals surface area contributed by atoms with Crippen molar-refractivity contribution < 1.29 is 9.90 Å². The van der Waals surface area contributed by atoms with Gasteiger partial charge in [0.25, 0.3) is 0 Å². The summed E-state index contributed by atoms with van der Waals surface area (Å²) in [6.07, 6.45) is 7.59. The van der Waals surface area contributed by atoms with Crippen LogP contribution in [0.4, 0.5) is 0 Å². The lowest BCUT2D eigenvalue weighted by Crippen LogP contribution is -1.99. The van der Waals surface area contributed by atoms with Gasteiger partial charge >= 0.3 is 5.97 Å². The maximum absolute atomic E-state index is 10.7. The average molecular weight is 255 g/mol. The molecule has 0 spiro atoms. The van der Waals surface area contributed by atoms with E-state index in [1.54, 1.807) is 6.08 Å². The van der Waals surface area contributed by atoms with Crippen LogP contribution in [-0.4, -0.2) is 16.1 Å². The Labute approximate surface area is 112 Å². The Morgan fingerprint density at radius 3 is 2.89 bits per heavy atom. The second kappa shape index (κ2) is 4.57. The average Bonchev–Trinajstić information content (AvgIpc) is 2.75. The van der Waals surface area contributed by atoms with Gasteiger partial charge in [-0.25, -0.2) is 4.79 Å². The molecular weight excluding hydrogens is 238 g/mol. The van der Waals surface area contributed by atoms with Crippen molar-refractivity contribution in [2.75, 3.05) is 0 Å². The second-order valence-electron chi connectivity index (χ2n) is 5.24. The number of nitrogens with one attached hydrogen (secondary N) is 1. The van der Waals surface area contributed by atoms with Gasteiger partial charge < -0.3 is 10.1 Å². The van der Waals surface area contributed by atoms with E-state index in [-0.39, 0.29) is 0 Å². The lowest BCUT2D eigenvalue weighted by atomic mass is 9.94. The van der Waals surface area contributed by atoms with Crippen LogP contribution in [0.1, 0.15) is 35.2 Å². The molecule has 3 rings (SSSR count). The molecule has 1 aliphatic rings. The molecule has 0 radical (unpaired) electrons. The van der Waals surface area contributed by atoms with E-state index in [0.717, 1.165) is 23.9 Å². The first kappa shape index (κ1) is 12.0. The molecule has 0 amide bonds. The maximum Gasteiger partial charge on any atom is 0.328 e. The van der Waals surface area contributed by atoms with Crippen LogP contribution in [0.25, 0.3) is 17.0 Å². The molecule has 1 aliphatic carbocycles. The normalized spacial score (nSPS) is 15.0. The topological polar surface area (TPSA) is 53.1 Å². The predicted molar refractivity (Wildman–Crippen MR) is 76.3 cm³/mol. The summed E-state index contributed by atoms with van der Waals surface area (Å²) in [4.78, 5) is 14.2. The van der Waals surface area contributed by atoms with Crippen LogP contribution >= 0.6 is 0 Å². The minimum Gasteiger partial charge on any atom is -0.478 e. The first-order valence-corrected chi connectivity index (χ1v) is 6.70. The van der Waals surface area contributed by atoms with E-state index in [1.165, 1.54) is 41.1 Å². The number of carboxylic acid groups (broad SMARTS) is 1. The highest BCUT2D eigenvalue weighted by Crippen LogP contribution is 2.32. The number of rotatable bonds is 2. The molecule has 0 saturated heterocycles. The summed E-state index contributed by atoms with van der Waals surface area (Å²) in [6, 6.07) is 4.23. The number of fused-ring (bicyclic) bond motifs is 3. The number of hydrogen-bond donors (Lipinski definition) is 2. The highest BCUT2D eigenvalue weighted by atomic mass is 16.4. The molecule has 19 heavy (non-hydrogen) atoms. The summed E-state index contributed by atoms with van der Waals surface area (Å²) < 4.78 is 0. The van der Waals surface area contributed by atoms with Crippen molar-refractivity contribution in [2.45, 2.75) is 32.6 Å². The van der Waals surface area contributed by atoms with Crippen LogP contribution < -0.4 is 0 Å². The molecule has 0 unspecified atom stereocenters. The third-order valence-electron chi connectivity index (χ3n) is 3.79. The zero-order chi connectivity index (χ0) is 13.4. The Morgan fingerprint density at radius 1 is 1.32 bits per heavy atom. The van der Waals surface area contributed by atoms with Crippen LogP contribution in [0.5, 0.6) is 0 Å². The van der Waals surface area contributed by atoms with Crippen molar-refractivity contribution in [1.82, 2.24) is 4.98 Å². The smallest absolute Gasteiger partial charge is 0.328 e. The number of benzene rings is 1. The van der Waals surface area contributed by atoms with Crippen LogP contribution in [0, 0.1) is 6.92 Å². The van der Waals surface area contributed by atoms with Crippen molar-refractivity contribution in [1.29, 1.82) is 0 Å². The number of aromatic nitrogens is 1. The summed E-state index contributed by atoms with van der Waals surface area (Å²) in [5.74, 6) is -0.911. The van der Waals surface area contributed by atoms with E-state index in [0.29, 0.717) is 0 Å². The monoisotopic (exact) mass is 255 g/mol. The van der Waals surface area contributed by atoms with Crippen molar-refractivity contribution in [3.63, 3.8) is 0 Å². The quantitative estimate of drug-likeness (QED) is 0.807. The van der Waals surface area contributed by atoms with Crippen LogP contribution in [0.15, 0.2) is 18.2 Å². The third kappa shape index (κ3) is 2.16. The van der Waals surface area contributed by atoms with E-state index in [9.17, 15) is 4.79 Å². The van der Waals surface area contributed by atoms with Crippen LogP contribution in [0.3, 0.4) is 0 Å². The Morgan fingerprint density at radius 2 is 2.11 bits per heavy atom. The lowest BCUT2D eigenvalue weighted by Gasteiger charge is -2.10. The number of H-pyrrole nitrogens is 1. The molecule has 0 saturated carbocycles. The van der Waals surface area contributed by atoms with E-state index < -0.39 is 5.97 Å². The van der Waals surface area contributed by atoms with Gasteiger partial charge in [-0.15, -0.1) is 0 Å². The maximum atomic E-state index is 10.7. The van der Waals surface area contributed by atoms with E-state index in [2.05, 4.69) is 18.0 Å². The van der Waals surface area contributed by atoms with E-state index in [1.807, 2.05) is 6.07 Å². The summed E-state index contributed by atoms with van der Waals surface area (Å²) >= 11 is 0.